The van der Waals surface area contributed by atoms with Crippen molar-refractivity contribution < 1.29 is 23.6 Å². The summed E-state index contributed by atoms with van der Waals surface area (Å²) in [5.41, 5.74) is 0.827. The van der Waals surface area contributed by atoms with E-state index in [4.69, 9.17) is 4.74 Å². The van der Waals surface area contributed by atoms with E-state index in [1.807, 2.05) is 51.5 Å². The lowest BCUT2D eigenvalue weighted by atomic mass is 10.1. The Morgan fingerprint density at radius 3 is 2.47 bits per heavy atom. The fourth-order valence-electron chi connectivity index (χ4n) is 2.96. The van der Waals surface area contributed by atoms with Crippen LogP contribution in [0.2, 0.25) is 0 Å². The molecule has 2 amide bonds. The Balaban J connectivity index is 1.71. The van der Waals surface area contributed by atoms with Gasteiger partial charge in [-0.15, -0.1) is 10.2 Å². The van der Waals surface area contributed by atoms with Crippen LogP contribution in [0.15, 0.2) is 30.3 Å². The van der Waals surface area contributed by atoms with Crippen molar-refractivity contribution in [1.82, 2.24) is 30.8 Å². The van der Waals surface area contributed by atoms with Crippen LogP contribution in [0.25, 0.3) is 11.4 Å². The highest BCUT2D eigenvalue weighted by atomic mass is 16.5. The van der Waals surface area contributed by atoms with Gasteiger partial charge in [0.1, 0.15) is 12.6 Å². The molecule has 0 aliphatic heterocycles. The fourth-order valence-corrected chi connectivity index (χ4v) is 2.96. The topological polar surface area (TPSA) is 128 Å². The monoisotopic (exact) mass is 446 g/mol. The summed E-state index contributed by atoms with van der Waals surface area (Å²) >= 11 is 0. The molecule has 1 aromatic carbocycles. The van der Waals surface area contributed by atoms with Gasteiger partial charge in [0.15, 0.2) is 6.54 Å². The maximum atomic E-state index is 12.1. The number of hydrogen-bond acceptors (Lipinski definition) is 7. The molecule has 174 valence electrons. The summed E-state index contributed by atoms with van der Waals surface area (Å²) in [5, 5.41) is 17.6. The summed E-state index contributed by atoms with van der Waals surface area (Å²) in [6, 6.07) is 8.69. The zero-order valence-electron chi connectivity index (χ0n) is 19.1. The van der Waals surface area contributed by atoms with Crippen LogP contribution in [0, 0.1) is 0 Å². The number of carbonyl (C=O) groups is 3. The van der Waals surface area contributed by atoms with Crippen LogP contribution in [-0.4, -0.2) is 89.9 Å². The molecule has 0 saturated heterocycles. The molecule has 0 aliphatic carbocycles. The summed E-state index contributed by atoms with van der Waals surface area (Å²) in [7, 11) is 6.98. The number of methoxy groups -OCH3 is 1. The number of benzene rings is 1. The molecule has 0 spiro atoms. The van der Waals surface area contributed by atoms with E-state index in [1.54, 1.807) is 0 Å². The van der Waals surface area contributed by atoms with Crippen molar-refractivity contribution in [2.45, 2.75) is 31.8 Å². The van der Waals surface area contributed by atoms with Crippen LogP contribution in [0.5, 0.6) is 0 Å². The molecule has 2 aromatic rings. The van der Waals surface area contributed by atoms with E-state index in [9.17, 15) is 14.4 Å². The van der Waals surface area contributed by atoms with Crippen LogP contribution >= 0.6 is 0 Å². The second kappa shape index (κ2) is 11.9. The number of carbonyl (C=O) groups excluding carboxylic acids is 3. The van der Waals surface area contributed by atoms with Gasteiger partial charge >= 0.3 is 5.97 Å². The first-order chi connectivity index (χ1) is 15.2. The molecule has 1 atom stereocenters. The minimum absolute atomic E-state index is 0.0360. The first-order valence-corrected chi connectivity index (χ1v) is 10.5. The number of likely N-dealkylation sites (N-methyl/N-ethyl adjacent to an activating group) is 1. The first kappa shape index (κ1) is 24.9. The molecule has 0 saturated carbocycles. The Morgan fingerprint density at radius 1 is 1.09 bits per heavy atom. The van der Waals surface area contributed by atoms with Crippen molar-refractivity contribution in [3.05, 3.63) is 30.3 Å². The standard InChI is InChI=1S/C21H31N7O4/c1-28(2,3)15-19(30)23-17(21(31)32-4)12-8-9-13-22-18(29)14-27-25-20(24-26-27)16-10-6-5-7-11-16/h5-7,10-11,17H,8-9,12-15H2,1-4H3,(H-,22,23,29,30)/p+1. The van der Waals surface area contributed by atoms with Gasteiger partial charge in [0.05, 0.1) is 28.3 Å². The lowest BCUT2D eigenvalue weighted by Gasteiger charge is -2.24. The Bertz CT molecular complexity index is 893. The van der Waals surface area contributed by atoms with Crippen LogP contribution in [-0.2, 0) is 25.7 Å². The van der Waals surface area contributed by atoms with Crippen molar-refractivity contribution in [2.24, 2.45) is 0 Å². The van der Waals surface area contributed by atoms with Crippen LogP contribution in [0.4, 0.5) is 0 Å². The van der Waals surface area contributed by atoms with Crippen molar-refractivity contribution >= 4 is 17.8 Å². The van der Waals surface area contributed by atoms with E-state index >= 15 is 0 Å². The highest BCUT2D eigenvalue weighted by Gasteiger charge is 2.23. The molecule has 1 heterocycles. The predicted octanol–water partition coefficient (Wildman–Crippen LogP) is -0.00940. The van der Waals surface area contributed by atoms with E-state index in [1.165, 1.54) is 11.9 Å². The summed E-state index contributed by atoms with van der Waals surface area (Å²) in [4.78, 5) is 37.4. The molecule has 11 nitrogen and oxygen atoms in total. The zero-order valence-corrected chi connectivity index (χ0v) is 19.1. The van der Waals surface area contributed by atoms with Gasteiger partial charge in [0.25, 0.3) is 5.91 Å². The second-order valence-corrected chi connectivity index (χ2v) is 8.45. The molecule has 1 unspecified atom stereocenters. The van der Waals surface area contributed by atoms with Crippen molar-refractivity contribution in [1.29, 1.82) is 0 Å². The molecule has 32 heavy (non-hydrogen) atoms. The van der Waals surface area contributed by atoms with Crippen molar-refractivity contribution in [3.8, 4) is 11.4 Å². The molecule has 1 aromatic heterocycles. The summed E-state index contributed by atoms with van der Waals surface area (Å²) in [6.45, 7) is 0.650. The number of unbranched alkanes of at least 4 members (excludes halogenated alkanes) is 1. The average molecular weight is 447 g/mol. The molecule has 0 fully saturated rings. The zero-order chi connectivity index (χ0) is 23.6. The number of hydrogen-bond donors (Lipinski definition) is 2. The third-order valence-electron chi connectivity index (χ3n) is 4.45. The molecule has 0 radical (unpaired) electrons. The number of ether oxygens (including phenoxy) is 1. The van der Waals surface area contributed by atoms with Gasteiger partial charge in [-0.2, -0.15) is 4.80 Å². The van der Waals surface area contributed by atoms with Gasteiger partial charge in [-0.3, -0.25) is 9.59 Å². The number of aromatic nitrogens is 4. The highest BCUT2D eigenvalue weighted by molar-refractivity contribution is 5.84. The van der Waals surface area contributed by atoms with Gasteiger partial charge in [-0.05, 0) is 24.5 Å². The van der Waals surface area contributed by atoms with E-state index in [0.29, 0.717) is 36.1 Å². The quantitative estimate of drug-likeness (QED) is 0.267. The van der Waals surface area contributed by atoms with Crippen LogP contribution < -0.4 is 10.6 Å². The van der Waals surface area contributed by atoms with Crippen molar-refractivity contribution in [3.63, 3.8) is 0 Å². The maximum Gasteiger partial charge on any atom is 0.328 e. The Morgan fingerprint density at radius 2 is 1.81 bits per heavy atom. The molecule has 2 N–H and O–H groups in total. The first-order valence-electron chi connectivity index (χ1n) is 10.5. The molecular weight excluding hydrogens is 414 g/mol. The maximum absolute atomic E-state index is 12.1. The molecule has 2 rings (SSSR count). The Labute approximate surface area is 187 Å². The van der Waals surface area contributed by atoms with Gasteiger partial charge in [-0.25, -0.2) is 4.79 Å². The molecule has 0 aliphatic rings. The van der Waals surface area contributed by atoms with E-state index in [-0.39, 0.29) is 24.9 Å². The van der Waals surface area contributed by atoms with Crippen LogP contribution in [0.1, 0.15) is 19.3 Å². The number of nitrogens with one attached hydrogen (secondary N) is 2. The molecular formula is C21H32N7O4+. The Hall–Kier alpha value is -3.34. The summed E-state index contributed by atoms with van der Waals surface area (Å²) < 4.78 is 5.25. The van der Waals surface area contributed by atoms with Gasteiger partial charge in [0.2, 0.25) is 11.7 Å². The summed E-state index contributed by atoms with van der Waals surface area (Å²) in [6.07, 6.45) is 1.70. The van der Waals surface area contributed by atoms with Gasteiger partial charge in [-0.1, -0.05) is 30.3 Å². The molecule has 11 heteroatoms. The predicted molar refractivity (Wildman–Crippen MR) is 117 cm³/mol. The number of esters is 1. The average Bonchev–Trinajstić information content (AvgIpc) is 3.19. The number of nitrogens with zero attached hydrogens (tertiary/aromatic N) is 5. The third-order valence-corrected chi connectivity index (χ3v) is 4.45. The number of quaternary nitrogens is 1. The second-order valence-electron chi connectivity index (χ2n) is 8.45. The fraction of sp³-hybridized carbons (Fsp3) is 0.524. The Kier molecular flexibility index (Phi) is 9.26. The van der Waals surface area contributed by atoms with Gasteiger partial charge in [0, 0.05) is 12.1 Å². The normalized spacial score (nSPS) is 12.1. The van der Waals surface area contributed by atoms with Crippen molar-refractivity contribution in [2.75, 3.05) is 41.3 Å². The van der Waals surface area contributed by atoms with E-state index in [2.05, 4.69) is 26.0 Å². The van der Waals surface area contributed by atoms with E-state index in [0.717, 1.165) is 5.56 Å². The minimum atomic E-state index is -0.703. The SMILES string of the molecule is COC(=O)C(CCCCNC(=O)Cn1nnc(-c2ccccc2)n1)NC(=O)C[N+](C)(C)C. The minimum Gasteiger partial charge on any atom is -0.467 e. The molecule has 0 bridgehead atoms. The smallest absolute Gasteiger partial charge is 0.328 e. The largest absolute Gasteiger partial charge is 0.467 e. The lowest BCUT2D eigenvalue weighted by molar-refractivity contribution is -0.862. The third kappa shape index (κ3) is 8.80. The lowest BCUT2D eigenvalue weighted by Crippen LogP contribution is -2.49. The number of amides is 2. The highest BCUT2D eigenvalue weighted by Crippen LogP contribution is 2.11. The number of tetrazole rings is 1. The van der Waals surface area contributed by atoms with E-state index < -0.39 is 12.0 Å². The number of rotatable bonds is 12. The van der Waals surface area contributed by atoms with Gasteiger partial charge < -0.3 is 19.9 Å². The summed E-state index contributed by atoms with van der Waals surface area (Å²) in [5.74, 6) is -0.464. The van der Waals surface area contributed by atoms with Crippen LogP contribution in [0.3, 0.4) is 0 Å².